The number of aromatic nitrogens is 1. The number of para-hydroxylation sites is 1. The fourth-order valence-electron chi connectivity index (χ4n) is 1.79. The van der Waals surface area contributed by atoms with E-state index in [1.165, 1.54) is 49.8 Å². The molecule has 0 saturated carbocycles. The normalized spacial score (nSPS) is 10.5. The average Bonchev–Trinajstić information content (AvgIpc) is 2.46. The number of methoxy groups -OCH3 is 1. The van der Waals surface area contributed by atoms with Crippen LogP contribution >= 0.6 is 0 Å². The molecule has 98 valence electrons. The first-order chi connectivity index (χ1) is 9.15. The zero-order chi connectivity index (χ0) is 13.8. The molecule has 0 spiro atoms. The third kappa shape index (κ3) is 2.59. The van der Waals surface area contributed by atoms with E-state index in [1.807, 2.05) is 0 Å². The summed E-state index contributed by atoms with van der Waals surface area (Å²) < 4.78 is 30.7. The molecule has 0 bridgehead atoms. The molecule has 1 aromatic carbocycles. The van der Waals surface area contributed by atoms with Crippen LogP contribution in [0.4, 0.5) is 8.78 Å². The zero-order valence-electron chi connectivity index (χ0n) is 10.1. The van der Waals surface area contributed by atoms with Crippen molar-refractivity contribution >= 4 is 5.78 Å². The van der Waals surface area contributed by atoms with Gasteiger partial charge in [0.25, 0.3) is 6.43 Å². The van der Waals surface area contributed by atoms with Crippen LogP contribution in [0.5, 0.6) is 5.75 Å². The van der Waals surface area contributed by atoms with E-state index in [0.29, 0.717) is 5.56 Å². The van der Waals surface area contributed by atoms with Crippen LogP contribution in [-0.4, -0.2) is 17.9 Å². The number of ketones is 1. The van der Waals surface area contributed by atoms with Crippen LogP contribution < -0.4 is 4.74 Å². The largest absolute Gasteiger partial charge is 0.495 e. The Labute approximate surface area is 108 Å². The quantitative estimate of drug-likeness (QED) is 0.795. The lowest BCUT2D eigenvalue weighted by Gasteiger charge is -2.12. The summed E-state index contributed by atoms with van der Waals surface area (Å²) in [7, 11) is 1.27. The summed E-state index contributed by atoms with van der Waals surface area (Å²) in [5.41, 5.74) is 0.202. The number of alkyl halides is 2. The van der Waals surface area contributed by atoms with E-state index in [4.69, 9.17) is 4.74 Å². The summed E-state index contributed by atoms with van der Waals surface area (Å²) in [6.07, 6.45) is 0.244. The van der Waals surface area contributed by atoms with Gasteiger partial charge in [-0.1, -0.05) is 6.07 Å². The van der Waals surface area contributed by atoms with Crippen molar-refractivity contribution in [3.8, 4) is 5.75 Å². The Bertz CT molecular complexity index is 585. The topological polar surface area (TPSA) is 39.2 Å². The highest BCUT2D eigenvalue weighted by Crippen LogP contribution is 2.33. The SMILES string of the molecule is COc1c(C(=O)c2ccncc2)cccc1C(F)F. The minimum Gasteiger partial charge on any atom is -0.495 e. The van der Waals surface area contributed by atoms with E-state index < -0.39 is 6.43 Å². The monoisotopic (exact) mass is 263 g/mol. The van der Waals surface area contributed by atoms with Crippen LogP contribution in [-0.2, 0) is 0 Å². The predicted molar refractivity (Wildman–Crippen MR) is 65.6 cm³/mol. The zero-order valence-corrected chi connectivity index (χ0v) is 10.1. The molecule has 0 amide bonds. The number of nitrogens with zero attached hydrogens (tertiary/aromatic N) is 1. The number of halogens is 2. The van der Waals surface area contributed by atoms with E-state index in [-0.39, 0.29) is 22.7 Å². The van der Waals surface area contributed by atoms with E-state index in [1.54, 1.807) is 0 Å². The summed E-state index contributed by atoms with van der Waals surface area (Å²) >= 11 is 0. The smallest absolute Gasteiger partial charge is 0.267 e. The number of rotatable bonds is 4. The maximum Gasteiger partial charge on any atom is 0.267 e. The van der Waals surface area contributed by atoms with Gasteiger partial charge in [-0.05, 0) is 24.3 Å². The minimum absolute atomic E-state index is 0.0840. The second-order valence-electron chi connectivity index (χ2n) is 3.79. The van der Waals surface area contributed by atoms with Gasteiger partial charge in [-0.15, -0.1) is 0 Å². The molecule has 0 aliphatic heterocycles. The van der Waals surface area contributed by atoms with Crippen molar-refractivity contribution in [2.45, 2.75) is 6.43 Å². The van der Waals surface area contributed by atoms with Crippen molar-refractivity contribution in [3.05, 3.63) is 59.4 Å². The highest BCUT2D eigenvalue weighted by Gasteiger charge is 2.21. The molecule has 2 aromatic rings. The van der Waals surface area contributed by atoms with Crippen LogP contribution in [0.1, 0.15) is 27.9 Å². The fourth-order valence-corrected chi connectivity index (χ4v) is 1.79. The number of carbonyl (C=O) groups excluding carboxylic acids is 1. The van der Waals surface area contributed by atoms with Crippen LogP contribution in [0, 0.1) is 0 Å². The van der Waals surface area contributed by atoms with Gasteiger partial charge in [0, 0.05) is 18.0 Å². The Balaban J connectivity index is 2.51. The highest BCUT2D eigenvalue weighted by molar-refractivity contribution is 6.10. The second-order valence-corrected chi connectivity index (χ2v) is 3.79. The highest BCUT2D eigenvalue weighted by atomic mass is 19.3. The maximum absolute atomic E-state index is 12.9. The first kappa shape index (κ1) is 13.1. The first-order valence-corrected chi connectivity index (χ1v) is 5.55. The molecule has 1 aromatic heterocycles. The van der Waals surface area contributed by atoms with Crippen molar-refractivity contribution in [2.24, 2.45) is 0 Å². The molecule has 0 aliphatic rings. The molecule has 0 aliphatic carbocycles. The van der Waals surface area contributed by atoms with Gasteiger partial charge in [0.1, 0.15) is 5.75 Å². The third-order valence-electron chi connectivity index (χ3n) is 2.67. The summed E-state index contributed by atoms with van der Waals surface area (Å²) in [4.78, 5) is 16.1. The first-order valence-electron chi connectivity index (χ1n) is 5.55. The van der Waals surface area contributed by atoms with Gasteiger partial charge in [-0.25, -0.2) is 8.78 Å². The lowest BCUT2D eigenvalue weighted by molar-refractivity contribution is 0.103. The summed E-state index contributed by atoms with van der Waals surface area (Å²) in [5, 5.41) is 0. The van der Waals surface area contributed by atoms with Gasteiger partial charge >= 0.3 is 0 Å². The molecule has 3 nitrogen and oxygen atoms in total. The van der Waals surface area contributed by atoms with Crippen molar-refractivity contribution < 1.29 is 18.3 Å². The molecule has 2 rings (SSSR count). The number of ether oxygens (including phenoxy) is 1. The molecule has 0 atom stereocenters. The second kappa shape index (κ2) is 5.56. The van der Waals surface area contributed by atoms with Crippen LogP contribution in [0.2, 0.25) is 0 Å². The van der Waals surface area contributed by atoms with Gasteiger partial charge in [0.05, 0.1) is 18.2 Å². The van der Waals surface area contributed by atoms with Crippen molar-refractivity contribution in [2.75, 3.05) is 7.11 Å². The molecule has 0 radical (unpaired) electrons. The molecule has 1 heterocycles. The summed E-state index contributed by atoms with van der Waals surface area (Å²) in [6, 6.07) is 7.17. The Morgan fingerprint density at radius 1 is 1.21 bits per heavy atom. The van der Waals surface area contributed by atoms with E-state index in [0.717, 1.165) is 0 Å². The van der Waals surface area contributed by atoms with Gasteiger partial charge < -0.3 is 4.74 Å². The molecule has 0 fully saturated rings. The number of carbonyl (C=O) groups is 1. The molecule has 0 N–H and O–H groups in total. The van der Waals surface area contributed by atoms with E-state index >= 15 is 0 Å². The molecule has 5 heteroatoms. The molecule has 0 unspecified atom stereocenters. The van der Waals surface area contributed by atoms with Crippen molar-refractivity contribution in [1.82, 2.24) is 4.98 Å². The lowest BCUT2D eigenvalue weighted by atomic mass is 10.0. The Kier molecular flexibility index (Phi) is 3.85. The third-order valence-corrected chi connectivity index (χ3v) is 2.67. The van der Waals surface area contributed by atoms with Crippen LogP contribution in [0.3, 0.4) is 0 Å². The predicted octanol–water partition coefficient (Wildman–Crippen LogP) is 3.26. The van der Waals surface area contributed by atoms with E-state index in [2.05, 4.69) is 4.98 Å². The van der Waals surface area contributed by atoms with Gasteiger partial charge in [-0.2, -0.15) is 0 Å². The number of benzene rings is 1. The Morgan fingerprint density at radius 3 is 2.47 bits per heavy atom. The maximum atomic E-state index is 12.9. The van der Waals surface area contributed by atoms with Crippen LogP contribution in [0.25, 0.3) is 0 Å². The number of hydrogen-bond acceptors (Lipinski definition) is 3. The van der Waals surface area contributed by atoms with E-state index in [9.17, 15) is 13.6 Å². The van der Waals surface area contributed by atoms with Gasteiger partial charge in [-0.3, -0.25) is 9.78 Å². The standard InChI is InChI=1S/C14H11F2NO2/c1-19-13-10(3-2-4-11(13)14(15)16)12(18)9-5-7-17-8-6-9/h2-8,14H,1H3. The van der Waals surface area contributed by atoms with Gasteiger partial charge in [0.2, 0.25) is 0 Å². The molecule has 0 saturated heterocycles. The molecular weight excluding hydrogens is 252 g/mol. The number of hydrogen-bond donors (Lipinski definition) is 0. The molecule has 19 heavy (non-hydrogen) atoms. The summed E-state index contributed by atoms with van der Waals surface area (Å²) in [6.45, 7) is 0. The fraction of sp³-hybridized carbons (Fsp3) is 0.143. The Hall–Kier alpha value is -2.30. The minimum atomic E-state index is -2.69. The van der Waals surface area contributed by atoms with Crippen molar-refractivity contribution in [1.29, 1.82) is 0 Å². The lowest BCUT2D eigenvalue weighted by Crippen LogP contribution is -2.06. The van der Waals surface area contributed by atoms with Crippen molar-refractivity contribution in [3.63, 3.8) is 0 Å². The average molecular weight is 263 g/mol. The number of pyridine rings is 1. The summed E-state index contributed by atoms with van der Waals surface area (Å²) in [5.74, 6) is -0.457. The molecular formula is C14H11F2NO2. The Morgan fingerprint density at radius 2 is 1.89 bits per heavy atom. The van der Waals surface area contributed by atoms with Crippen LogP contribution in [0.15, 0.2) is 42.7 Å². The van der Waals surface area contributed by atoms with Gasteiger partial charge in [0.15, 0.2) is 5.78 Å².